The summed E-state index contributed by atoms with van der Waals surface area (Å²) in [4.78, 5) is 15.3. The maximum absolute atomic E-state index is 5.92. The number of nitrogens with one attached hydrogen (secondary N) is 1. The van der Waals surface area contributed by atoms with Gasteiger partial charge >= 0.3 is 6.01 Å². The molecule has 0 spiro atoms. The second kappa shape index (κ2) is 6.43. The van der Waals surface area contributed by atoms with E-state index >= 15 is 0 Å². The summed E-state index contributed by atoms with van der Waals surface area (Å²) in [6.07, 6.45) is 0.128. The van der Waals surface area contributed by atoms with Crippen molar-refractivity contribution in [2.45, 2.75) is 46.3 Å². The maximum atomic E-state index is 5.92. The van der Waals surface area contributed by atoms with Crippen LogP contribution in [0, 0.1) is 0 Å². The van der Waals surface area contributed by atoms with Crippen LogP contribution in [0.15, 0.2) is 0 Å². The molecule has 1 fully saturated rings. The van der Waals surface area contributed by atoms with Gasteiger partial charge in [-0.2, -0.15) is 15.0 Å². The standard InChI is InChI=1S/C14H25N5O2/c1-6-15-11-16-12(18-13(17-11)20-7-2)19-8-10(3)21-14(4,5)9-19/h10H,6-9H2,1-5H3,(H,15,16,17,18). The predicted octanol–water partition coefficient (Wildman–Crippen LogP) is 1.71. The molecule has 1 aromatic heterocycles. The molecule has 1 aliphatic heterocycles. The van der Waals surface area contributed by atoms with Gasteiger partial charge in [0.25, 0.3) is 0 Å². The second-order valence-corrected chi connectivity index (χ2v) is 5.77. The summed E-state index contributed by atoms with van der Waals surface area (Å²) in [6.45, 7) is 12.9. The highest BCUT2D eigenvalue weighted by Gasteiger charge is 2.33. The Hall–Kier alpha value is -1.63. The molecule has 21 heavy (non-hydrogen) atoms. The lowest BCUT2D eigenvalue weighted by Crippen LogP contribution is -2.52. The topological polar surface area (TPSA) is 72.4 Å². The van der Waals surface area contributed by atoms with Gasteiger partial charge in [-0.25, -0.2) is 0 Å². The van der Waals surface area contributed by atoms with Crippen molar-refractivity contribution in [3.05, 3.63) is 0 Å². The molecule has 2 heterocycles. The number of ether oxygens (including phenoxy) is 2. The van der Waals surface area contributed by atoms with E-state index in [1.54, 1.807) is 0 Å². The number of anilines is 2. The van der Waals surface area contributed by atoms with Crippen LogP contribution in [0.2, 0.25) is 0 Å². The Morgan fingerprint density at radius 3 is 2.71 bits per heavy atom. The summed E-state index contributed by atoms with van der Waals surface area (Å²) in [7, 11) is 0. The number of hydrogen-bond acceptors (Lipinski definition) is 7. The summed E-state index contributed by atoms with van der Waals surface area (Å²) < 4.78 is 11.4. The van der Waals surface area contributed by atoms with Crippen LogP contribution < -0.4 is 15.0 Å². The number of nitrogens with zero attached hydrogens (tertiary/aromatic N) is 4. The minimum atomic E-state index is -0.228. The highest BCUT2D eigenvalue weighted by molar-refractivity contribution is 5.39. The van der Waals surface area contributed by atoms with Crippen molar-refractivity contribution in [2.75, 3.05) is 36.5 Å². The zero-order valence-corrected chi connectivity index (χ0v) is 13.5. The Morgan fingerprint density at radius 1 is 1.33 bits per heavy atom. The van der Waals surface area contributed by atoms with Crippen LogP contribution in [0.3, 0.4) is 0 Å². The molecule has 1 aliphatic rings. The fourth-order valence-corrected chi connectivity index (χ4v) is 2.52. The molecule has 118 valence electrons. The fourth-order valence-electron chi connectivity index (χ4n) is 2.52. The van der Waals surface area contributed by atoms with E-state index in [2.05, 4.69) is 45.9 Å². The van der Waals surface area contributed by atoms with Crippen LogP contribution in [0.5, 0.6) is 6.01 Å². The maximum Gasteiger partial charge on any atom is 0.323 e. The van der Waals surface area contributed by atoms with Crippen LogP contribution >= 0.6 is 0 Å². The molecule has 1 N–H and O–H groups in total. The van der Waals surface area contributed by atoms with Crippen molar-refractivity contribution in [1.82, 2.24) is 15.0 Å². The van der Waals surface area contributed by atoms with Crippen molar-refractivity contribution in [3.8, 4) is 6.01 Å². The van der Waals surface area contributed by atoms with Gasteiger partial charge < -0.3 is 19.7 Å². The molecule has 0 radical (unpaired) electrons. The highest BCUT2D eigenvalue weighted by atomic mass is 16.5. The Morgan fingerprint density at radius 2 is 2.10 bits per heavy atom. The summed E-state index contributed by atoms with van der Waals surface area (Å²) in [6, 6.07) is 0.357. The van der Waals surface area contributed by atoms with Crippen molar-refractivity contribution in [1.29, 1.82) is 0 Å². The van der Waals surface area contributed by atoms with E-state index in [0.29, 0.717) is 24.5 Å². The third-order valence-electron chi connectivity index (χ3n) is 3.06. The van der Waals surface area contributed by atoms with Crippen LogP contribution in [0.1, 0.15) is 34.6 Å². The molecule has 2 rings (SSSR count). The summed E-state index contributed by atoms with van der Waals surface area (Å²) in [5.74, 6) is 1.18. The third-order valence-corrected chi connectivity index (χ3v) is 3.06. The molecule has 0 aromatic carbocycles. The van der Waals surface area contributed by atoms with Crippen LogP contribution in [0.25, 0.3) is 0 Å². The van der Waals surface area contributed by atoms with Gasteiger partial charge in [0, 0.05) is 19.6 Å². The zero-order valence-electron chi connectivity index (χ0n) is 13.5. The summed E-state index contributed by atoms with van der Waals surface area (Å²) in [5.41, 5.74) is -0.228. The zero-order chi connectivity index (χ0) is 15.5. The average Bonchev–Trinajstić information content (AvgIpc) is 2.37. The number of aromatic nitrogens is 3. The first-order valence-electron chi connectivity index (χ1n) is 7.49. The van der Waals surface area contributed by atoms with Gasteiger partial charge in [-0.15, -0.1) is 0 Å². The van der Waals surface area contributed by atoms with Gasteiger partial charge in [-0.1, -0.05) is 0 Å². The Kier molecular flexibility index (Phi) is 4.82. The molecule has 0 saturated carbocycles. The minimum Gasteiger partial charge on any atom is -0.464 e. The average molecular weight is 295 g/mol. The largest absolute Gasteiger partial charge is 0.464 e. The van der Waals surface area contributed by atoms with Crippen LogP contribution in [0.4, 0.5) is 11.9 Å². The van der Waals surface area contributed by atoms with E-state index in [4.69, 9.17) is 9.47 Å². The smallest absolute Gasteiger partial charge is 0.323 e. The predicted molar refractivity (Wildman–Crippen MR) is 82.0 cm³/mol. The first-order valence-corrected chi connectivity index (χ1v) is 7.49. The molecule has 1 unspecified atom stereocenters. The van der Waals surface area contributed by atoms with E-state index in [9.17, 15) is 0 Å². The monoisotopic (exact) mass is 295 g/mol. The first-order chi connectivity index (χ1) is 9.93. The quantitative estimate of drug-likeness (QED) is 0.886. The fraction of sp³-hybridized carbons (Fsp3) is 0.786. The molecule has 1 aromatic rings. The molecule has 7 heteroatoms. The van der Waals surface area contributed by atoms with Crippen molar-refractivity contribution < 1.29 is 9.47 Å². The van der Waals surface area contributed by atoms with Gasteiger partial charge in [0.1, 0.15) is 0 Å². The van der Waals surface area contributed by atoms with Gasteiger partial charge in [0.05, 0.1) is 18.3 Å². The number of hydrogen-bond donors (Lipinski definition) is 1. The van der Waals surface area contributed by atoms with E-state index in [1.165, 1.54) is 0 Å². The normalized spacial score (nSPS) is 21.2. The van der Waals surface area contributed by atoms with Crippen molar-refractivity contribution >= 4 is 11.9 Å². The molecular weight excluding hydrogens is 270 g/mol. The Labute approximate surface area is 126 Å². The minimum absolute atomic E-state index is 0.128. The van der Waals surface area contributed by atoms with Gasteiger partial charge in [-0.05, 0) is 34.6 Å². The molecule has 1 atom stereocenters. The van der Waals surface area contributed by atoms with E-state index < -0.39 is 0 Å². The summed E-state index contributed by atoms with van der Waals surface area (Å²) >= 11 is 0. The summed E-state index contributed by atoms with van der Waals surface area (Å²) in [5, 5.41) is 3.12. The molecular formula is C14H25N5O2. The molecule has 7 nitrogen and oxygen atoms in total. The highest BCUT2D eigenvalue weighted by Crippen LogP contribution is 2.25. The van der Waals surface area contributed by atoms with E-state index in [1.807, 2.05) is 13.8 Å². The van der Waals surface area contributed by atoms with E-state index in [0.717, 1.165) is 19.6 Å². The van der Waals surface area contributed by atoms with Crippen molar-refractivity contribution in [2.24, 2.45) is 0 Å². The van der Waals surface area contributed by atoms with Gasteiger partial charge in [0.2, 0.25) is 11.9 Å². The molecule has 1 saturated heterocycles. The van der Waals surface area contributed by atoms with Gasteiger partial charge in [-0.3, -0.25) is 0 Å². The van der Waals surface area contributed by atoms with Crippen LogP contribution in [-0.2, 0) is 4.74 Å². The first kappa shape index (κ1) is 15.8. The SMILES string of the molecule is CCNc1nc(OCC)nc(N2CC(C)OC(C)(C)C2)n1. The third kappa shape index (κ3) is 4.17. The molecule has 0 aliphatic carbocycles. The van der Waals surface area contributed by atoms with E-state index in [-0.39, 0.29) is 11.7 Å². The lowest BCUT2D eigenvalue weighted by Gasteiger charge is -2.41. The Bertz CT molecular complexity index is 456. The number of morpholine rings is 1. The van der Waals surface area contributed by atoms with Crippen LogP contribution in [-0.4, -0.2) is 52.9 Å². The lowest BCUT2D eigenvalue weighted by atomic mass is 10.1. The molecule has 0 bridgehead atoms. The van der Waals surface area contributed by atoms with Crippen molar-refractivity contribution in [3.63, 3.8) is 0 Å². The second-order valence-electron chi connectivity index (χ2n) is 5.77. The Balaban J connectivity index is 2.28. The lowest BCUT2D eigenvalue weighted by molar-refractivity contribution is -0.0754. The molecule has 0 amide bonds. The van der Waals surface area contributed by atoms with Gasteiger partial charge in [0.15, 0.2) is 0 Å². The number of rotatable bonds is 5.